The number of fused-ring (bicyclic) bond motifs is 3. The minimum Gasteiger partial charge on any atom is -0.331 e. The van der Waals surface area contributed by atoms with Crippen LogP contribution in [0.2, 0.25) is 0 Å². The minimum atomic E-state index is 0.969. The van der Waals surface area contributed by atoms with Gasteiger partial charge in [-0.1, -0.05) is 25.1 Å². The van der Waals surface area contributed by atoms with Crippen molar-refractivity contribution in [1.82, 2.24) is 9.88 Å². The molecule has 1 aliphatic rings. The van der Waals surface area contributed by atoms with Gasteiger partial charge in [0.1, 0.15) is 0 Å². The predicted octanol–water partition coefficient (Wildman–Crippen LogP) is 2.62. The van der Waals surface area contributed by atoms with Gasteiger partial charge in [-0.3, -0.25) is 5.32 Å². The zero-order chi connectivity index (χ0) is 11.1. The third kappa shape index (κ3) is 1.23. The maximum Gasteiger partial charge on any atom is 0.0729 e. The van der Waals surface area contributed by atoms with Gasteiger partial charge in [0, 0.05) is 24.0 Å². The van der Waals surface area contributed by atoms with Gasteiger partial charge in [0.25, 0.3) is 0 Å². The summed E-state index contributed by atoms with van der Waals surface area (Å²) in [5, 5.41) is 4.90. The van der Waals surface area contributed by atoms with Crippen molar-refractivity contribution < 1.29 is 0 Å². The lowest BCUT2D eigenvalue weighted by Gasteiger charge is -2.19. The largest absolute Gasteiger partial charge is 0.331 e. The van der Waals surface area contributed by atoms with Crippen LogP contribution in [-0.4, -0.2) is 11.1 Å². The number of benzene rings is 1. The van der Waals surface area contributed by atoms with E-state index in [1.165, 1.54) is 27.7 Å². The van der Waals surface area contributed by atoms with E-state index in [4.69, 9.17) is 0 Å². The van der Waals surface area contributed by atoms with Gasteiger partial charge in [-0.25, -0.2) is 0 Å². The fraction of sp³-hybridized carbons (Fsp3) is 0.429. The summed E-state index contributed by atoms with van der Waals surface area (Å²) in [7, 11) is 0. The molecule has 0 fully saturated rings. The first-order chi connectivity index (χ1) is 7.83. The van der Waals surface area contributed by atoms with Crippen LogP contribution in [0.1, 0.15) is 23.7 Å². The molecule has 2 heterocycles. The molecule has 0 aliphatic carbocycles. The van der Waals surface area contributed by atoms with E-state index in [1.54, 1.807) is 0 Å². The molecule has 0 saturated heterocycles. The van der Waals surface area contributed by atoms with E-state index >= 15 is 0 Å². The molecule has 0 radical (unpaired) electrons. The van der Waals surface area contributed by atoms with E-state index in [-0.39, 0.29) is 0 Å². The molecule has 1 aromatic heterocycles. The van der Waals surface area contributed by atoms with Crippen molar-refractivity contribution in [3.05, 3.63) is 35.0 Å². The first kappa shape index (κ1) is 9.91. The Kier molecular flexibility index (Phi) is 2.25. The van der Waals surface area contributed by atoms with Gasteiger partial charge in [-0.15, -0.1) is 0 Å². The third-order valence-electron chi connectivity index (χ3n) is 3.74. The number of hydrogen-bond donors (Lipinski definition) is 1. The Morgan fingerprint density at radius 3 is 3.06 bits per heavy atom. The predicted molar refractivity (Wildman–Crippen MR) is 67.8 cm³/mol. The van der Waals surface area contributed by atoms with Gasteiger partial charge in [0.15, 0.2) is 0 Å². The van der Waals surface area contributed by atoms with E-state index in [0.29, 0.717) is 0 Å². The molecule has 0 bridgehead atoms. The molecule has 0 unspecified atom stereocenters. The summed E-state index contributed by atoms with van der Waals surface area (Å²) in [6.45, 7) is 6.58. The van der Waals surface area contributed by atoms with Crippen molar-refractivity contribution in [3.8, 4) is 0 Å². The van der Waals surface area contributed by atoms with E-state index in [0.717, 1.165) is 26.1 Å². The molecular weight excluding hydrogens is 196 g/mol. The number of aromatic nitrogens is 1. The number of aryl methyl sites for hydroxylation is 2. The molecule has 84 valence electrons. The second kappa shape index (κ2) is 3.63. The van der Waals surface area contributed by atoms with Gasteiger partial charge in [0.05, 0.1) is 12.2 Å². The average molecular weight is 214 g/mol. The molecule has 2 aromatic rings. The van der Waals surface area contributed by atoms with Crippen LogP contribution in [0, 0.1) is 6.92 Å². The van der Waals surface area contributed by atoms with Gasteiger partial charge >= 0.3 is 0 Å². The number of nitrogens with zero attached hydrogens (tertiary/aromatic N) is 1. The quantitative estimate of drug-likeness (QED) is 0.772. The summed E-state index contributed by atoms with van der Waals surface area (Å²) in [4.78, 5) is 0. The van der Waals surface area contributed by atoms with Gasteiger partial charge in [-0.2, -0.15) is 0 Å². The summed E-state index contributed by atoms with van der Waals surface area (Å²) in [6.07, 6.45) is 2.27. The number of para-hydroxylation sites is 1. The minimum absolute atomic E-state index is 0.969. The highest BCUT2D eigenvalue weighted by atomic mass is 15.1. The summed E-state index contributed by atoms with van der Waals surface area (Å²) in [5.41, 5.74) is 5.92. The van der Waals surface area contributed by atoms with Crippen molar-refractivity contribution in [3.63, 3.8) is 0 Å². The highest BCUT2D eigenvalue weighted by molar-refractivity contribution is 5.88. The Morgan fingerprint density at radius 1 is 1.38 bits per heavy atom. The second-order valence-electron chi connectivity index (χ2n) is 4.57. The average Bonchev–Trinajstić information content (AvgIpc) is 2.64. The summed E-state index contributed by atoms with van der Waals surface area (Å²) < 4.78 is 2.47. The van der Waals surface area contributed by atoms with Crippen LogP contribution >= 0.6 is 0 Å². The van der Waals surface area contributed by atoms with Crippen LogP contribution in [0.15, 0.2) is 18.2 Å². The van der Waals surface area contributed by atoms with Gasteiger partial charge < -0.3 is 4.57 Å². The SMILES string of the molecule is CCc1cccc2c(C)c3n(c12)CNCC3. The molecule has 0 saturated carbocycles. The Labute approximate surface area is 96.3 Å². The first-order valence-corrected chi connectivity index (χ1v) is 6.13. The Morgan fingerprint density at radius 2 is 2.25 bits per heavy atom. The standard InChI is InChI=1S/C14H18N2/c1-3-11-5-4-6-12-10(2)13-7-8-15-9-16(13)14(11)12/h4-6,15H,3,7-9H2,1-2H3. The van der Waals surface area contributed by atoms with Gasteiger partial charge in [0.2, 0.25) is 0 Å². The summed E-state index contributed by atoms with van der Waals surface area (Å²) >= 11 is 0. The van der Waals surface area contributed by atoms with E-state index in [2.05, 4.69) is 41.9 Å². The zero-order valence-electron chi connectivity index (χ0n) is 10.0. The fourth-order valence-electron chi connectivity index (χ4n) is 2.89. The van der Waals surface area contributed by atoms with Crippen LogP contribution in [-0.2, 0) is 19.5 Å². The van der Waals surface area contributed by atoms with E-state index in [9.17, 15) is 0 Å². The Hall–Kier alpha value is -1.28. The monoisotopic (exact) mass is 214 g/mol. The Balaban J connectivity index is 2.40. The van der Waals surface area contributed by atoms with E-state index in [1.807, 2.05) is 0 Å². The molecule has 0 amide bonds. The number of nitrogens with one attached hydrogen (secondary N) is 1. The first-order valence-electron chi connectivity index (χ1n) is 6.13. The van der Waals surface area contributed by atoms with Crippen LogP contribution in [0.3, 0.4) is 0 Å². The molecular formula is C14H18N2. The van der Waals surface area contributed by atoms with Crippen LogP contribution in [0.4, 0.5) is 0 Å². The molecule has 16 heavy (non-hydrogen) atoms. The van der Waals surface area contributed by atoms with E-state index < -0.39 is 0 Å². The van der Waals surface area contributed by atoms with Crippen molar-refractivity contribution in [1.29, 1.82) is 0 Å². The van der Waals surface area contributed by atoms with Crippen LogP contribution in [0.5, 0.6) is 0 Å². The van der Waals surface area contributed by atoms with Crippen molar-refractivity contribution in [2.75, 3.05) is 6.54 Å². The number of rotatable bonds is 1. The Bertz CT molecular complexity index is 537. The molecule has 2 nitrogen and oxygen atoms in total. The summed E-state index contributed by atoms with van der Waals surface area (Å²) in [6, 6.07) is 6.70. The van der Waals surface area contributed by atoms with Crippen molar-refractivity contribution in [2.45, 2.75) is 33.4 Å². The molecule has 0 atom stereocenters. The lowest BCUT2D eigenvalue weighted by atomic mass is 10.1. The van der Waals surface area contributed by atoms with Crippen molar-refractivity contribution >= 4 is 10.9 Å². The maximum absolute atomic E-state index is 3.46. The van der Waals surface area contributed by atoms with Crippen LogP contribution in [0.25, 0.3) is 10.9 Å². The lowest BCUT2D eigenvalue weighted by Crippen LogP contribution is -2.28. The third-order valence-corrected chi connectivity index (χ3v) is 3.74. The van der Waals surface area contributed by atoms with Crippen molar-refractivity contribution in [2.24, 2.45) is 0 Å². The van der Waals surface area contributed by atoms with Gasteiger partial charge in [-0.05, 0) is 24.5 Å². The number of hydrogen-bond acceptors (Lipinski definition) is 1. The highest BCUT2D eigenvalue weighted by Gasteiger charge is 2.17. The topological polar surface area (TPSA) is 17.0 Å². The molecule has 3 rings (SSSR count). The smallest absolute Gasteiger partial charge is 0.0729 e. The molecule has 0 spiro atoms. The second-order valence-corrected chi connectivity index (χ2v) is 4.57. The van der Waals surface area contributed by atoms with Crippen LogP contribution < -0.4 is 5.32 Å². The normalized spacial score (nSPS) is 15.4. The summed E-state index contributed by atoms with van der Waals surface area (Å²) in [5.74, 6) is 0. The maximum atomic E-state index is 3.46. The molecule has 1 aliphatic heterocycles. The molecule has 1 aromatic carbocycles. The highest BCUT2D eigenvalue weighted by Crippen LogP contribution is 2.29. The fourth-order valence-corrected chi connectivity index (χ4v) is 2.89. The molecule has 2 heteroatoms. The molecule has 1 N–H and O–H groups in total. The lowest BCUT2D eigenvalue weighted by molar-refractivity contribution is 0.504. The zero-order valence-corrected chi connectivity index (χ0v) is 10.0.